The van der Waals surface area contributed by atoms with Crippen LogP contribution in [0.25, 0.3) is 0 Å². The van der Waals surface area contributed by atoms with Gasteiger partial charge in [0.05, 0.1) is 24.9 Å². The predicted molar refractivity (Wildman–Crippen MR) is 114 cm³/mol. The average Bonchev–Trinajstić information content (AvgIpc) is 2.69. The van der Waals surface area contributed by atoms with Gasteiger partial charge >= 0.3 is 0 Å². The van der Waals surface area contributed by atoms with Crippen LogP contribution in [-0.2, 0) is 6.42 Å². The number of aryl methyl sites for hydroxylation is 2. The third kappa shape index (κ3) is 4.64. The van der Waals surface area contributed by atoms with Crippen LogP contribution in [0.1, 0.15) is 18.2 Å². The summed E-state index contributed by atoms with van der Waals surface area (Å²) in [7, 11) is 3.14. The molecule has 2 N–H and O–H groups in total. The van der Waals surface area contributed by atoms with Gasteiger partial charge in [-0.05, 0) is 31.0 Å². The second-order valence-electron chi connectivity index (χ2n) is 6.21. The molecule has 3 rings (SSSR count). The molecule has 0 spiro atoms. The van der Waals surface area contributed by atoms with Gasteiger partial charge in [-0.15, -0.1) is 0 Å². The molecule has 0 amide bonds. The number of methoxy groups -OCH3 is 2. The first kappa shape index (κ1) is 19.8. The quantitative estimate of drug-likeness (QED) is 0.547. The number of halogens is 1. The molecule has 0 saturated carbocycles. The van der Waals surface area contributed by atoms with Gasteiger partial charge < -0.3 is 20.1 Å². The number of hydrogen-bond donors (Lipinski definition) is 2. The van der Waals surface area contributed by atoms with E-state index in [0.717, 1.165) is 17.8 Å². The van der Waals surface area contributed by atoms with Crippen molar-refractivity contribution in [2.75, 3.05) is 24.9 Å². The van der Waals surface area contributed by atoms with E-state index in [-0.39, 0.29) is 0 Å². The molecule has 2 aromatic carbocycles. The Hall–Kier alpha value is -2.99. The van der Waals surface area contributed by atoms with Gasteiger partial charge in [-0.25, -0.2) is 4.98 Å². The van der Waals surface area contributed by atoms with Gasteiger partial charge in [-0.3, -0.25) is 0 Å². The Morgan fingerprint density at radius 2 is 1.64 bits per heavy atom. The Balaban J connectivity index is 1.87. The molecule has 0 bridgehead atoms. The third-order valence-electron chi connectivity index (χ3n) is 4.21. The highest BCUT2D eigenvalue weighted by molar-refractivity contribution is 6.32. The molecule has 0 atom stereocenters. The fraction of sp³-hybridized carbons (Fsp3) is 0.238. The summed E-state index contributed by atoms with van der Waals surface area (Å²) in [5.74, 6) is 2.24. The van der Waals surface area contributed by atoms with Crippen LogP contribution in [0.15, 0.2) is 42.5 Å². The molecule has 0 fully saturated rings. The zero-order valence-corrected chi connectivity index (χ0v) is 17.1. The van der Waals surface area contributed by atoms with E-state index in [9.17, 15) is 0 Å². The predicted octanol–water partition coefficient (Wildman–Crippen LogP) is 5.51. The average molecular weight is 399 g/mol. The van der Waals surface area contributed by atoms with Crippen molar-refractivity contribution in [1.82, 2.24) is 9.97 Å². The van der Waals surface area contributed by atoms with Crippen LogP contribution in [0.4, 0.5) is 23.1 Å². The molecule has 3 aromatic rings. The van der Waals surface area contributed by atoms with E-state index in [4.69, 9.17) is 21.1 Å². The number of aromatic nitrogens is 2. The molecule has 28 heavy (non-hydrogen) atoms. The molecule has 0 aliphatic heterocycles. The van der Waals surface area contributed by atoms with Gasteiger partial charge in [0.1, 0.15) is 17.3 Å². The second-order valence-corrected chi connectivity index (χ2v) is 6.61. The maximum Gasteiger partial charge on any atom is 0.229 e. The minimum atomic E-state index is 0.440. The van der Waals surface area contributed by atoms with Crippen molar-refractivity contribution >= 4 is 34.7 Å². The van der Waals surface area contributed by atoms with E-state index in [1.165, 1.54) is 5.56 Å². The lowest BCUT2D eigenvalue weighted by Crippen LogP contribution is -2.04. The first-order valence-corrected chi connectivity index (χ1v) is 9.30. The molecule has 7 heteroatoms. The monoisotopic (exact) mass is 398 g/mol. The van der Waals surface area contributed by atoms with Gasteiger partial charge in [0.15, 0.2) is 0 Å². The van der Waals surface area contributed by atoms with Crippen molar-refractivity contribution < 1.29 is 9.47 Å². The maximum absolute atomic E-state index is 6.17. The van der Waals surface area contributed by atoms with Crippen LogP contribution in [-0.4, -0.2) is 24.2 Å². The van der Waals surface area contributed by atoms with E-state index < -0.39 is 0 Å². The van der Waals surface area contributed by atoms with Crippen molar-refractivity contribution in [2.45, 2.75) is 20.3 Å². The number of nitrogens with one attached hydrogen (secondary N) is 2. The number of rotatable bonds is 7. The van der Waals surface area contributed by atoms with Gasteiger partial charge in [0, 0.05) is 29.6 Å². The van der Waals surface area contributed by atoms with Crippen molar-refractivity contribution in [3.63, 3.8) is 0 Å². The van der Waals surface area contributed by atoms with E-state index in [1.807, 2.05) is 25.1 Å². The van der Waals surface area contributed by atoms with E-state index in [2.05, 4.69) is 39.7 Å². The van der Waals surface area contributed by atoms with Gasteiger partial charge in [-0.1, -0.05) is 30.7 Å². The zero-order valence-electron chi connectivity index (χ0n) is 16.3. The molecule has 1 heterocycles. The fourth-order valence-electron chi connectivity index (χ4n) is 2.74. The van der Waals surface area contributed by atoms with Crippen LogP contribution >= 0.6 is 11.6 Å². The standard InChI is InChI=1S/C21H23ClN4O2/c1-5-14-6-8-15(9-7-14)24-20-10-13(2)23-21(26-20)25-17-12-18(27-3)16(22)11-19(17)28-4/h6-12H,5H2,1-4H3,(H2,23,24,25,26). The minimum Gasteiger partial charge on any atom is -0.495 e. The Labute approximate surface area is 169 Å². The van der Waals surface area contributed by atoms with Gasteiger partial charge in [-0.2, -0.15) is 4.98 Å². The SMILES string of the molecule is CCc1ccc(Nc2cc(C)nc(Nc3cc(OC)c(Cl)cc3OC)n2)cc1. The van der Waals surface area contributed by atoms with Crippen LogP contribution < -0.4 is 20.1 Å². The zero-order chi connectivity index (χ0) is 20.1. The molecule has 0 saturated heterocycles. The number of benzene rings is 2. The summed E-state index contributed by atoms with van der Waals surface area (Å²) in [5.41, 5.74) is 3.74. The number of ether oxygens (including phenoxy) is 2. The van der Waals surface area contributed by atoms with Crippen molar-refractivity contribution in [1.29, 1.82) is 0 Å². The lowest BCUT2D eigenvalue weighted by molar-refractivity contribution is 0.405. The van der Waals surface area contributed by atoms with Crippen LogP contribution in [0.2, 0.25) is 5.02 Å². The van der Waals surface area contributed by atoms with Gasteiger partial charge in [0.2, 0.25) is 5.95 Å². The Bertz CT molecular complexity index is 961. The topological polar surface area (TPSA) is 68.3 Å². The molecular weight excluding hydrogens is 376 g/mol. The van der Waals surface area contributed by atoms with Crippen molar-refractivity contribution in [2.24, 2.45) is 0 Å². The highest BCUT2D eigenvalue weighted by Gasteiger charge is 2.12. The summed E-state index contributed by atoms with van der Waals surface area (Å²) in [4.78, 5) is 9.02. The highest BCUT2D eigenvalue weighted by Crippen LogP contribution is 2.37. The summed E-state index contributed by atoms with van der Waals surface area (Å²) < 4.78 is 10.7. The molecule has 6 nitrogen and oxygen atoms in total. The van der Waals surface area contributed by atoms with Crippen LogP contribution in [0.3, 0.4) is 0 Å². The Kier molecular flexibility index (Phi) is 6.21. The molecule has 0 radical (unpaired) electrons. The van der Waals surface area contributed by atoms with Crippen LogP contribution in [0, 0.1) is 6.92 Å². The summed E-state index contributed by atoms with van der Waals surface area (Å²) in [6.45, 7) is 4.05. The lowest BCUT2D eigenvalue weighted by Gasteiger charge is -2.14. The maximum atomic E-state index is 6.17. The fourth-order valence-corrected chi connectivity index (χ4v) is 2.97. The normalized spacial score (nSPS) is 10.5. The van der Waals surface area contributed by atoms with Crippen molar-refractivity contribution in [3.8, 4) is 11.5 Å². The molecule has 0 aliphatic carbocycles. The molecule has 0 aliphatic rings. The summed E-state index contributed by atoms with van der Waals surface area (Å²) in [5, 5.41) is 6.96. The van der Waals surface area contributed by atoms with E-state index in [0.29, 0.717) is 34.0 Å². The third-order valence-corrected chi connectivity index (χ3v) is 4.50. The summed E-state index contributed by atoms with van der Waals surface area (Å²) in [6.07, 6.45) is 1.01. The largest absolute Gasteiger partial charge is 0.495 e. The highest BCUT2D eigenvalue weighted by atomic mass is 35.5. The Morgan fingerprint density at radius 1 is 0.929 bits per heavy atom. The number of nitrogens with zero attached hydrogens (tertiary/aromatic N) is 2. The first-order chi connectivity index (χ1) is 13.5. The molecule has 146 valence electrons. The smallest absolute Gasteiger partial charge is 0.229 e. The summed E-state index contributed by atoms with van der Waals surface area (Å²) >= 11 is 6.17. The Morgan fingerprint density at radius 3 is 2.29 bits per heavy atom. The molecule has 1 aromatic heterocycles. The first-order valence-electron chi connectivity index (χ1n) is 8.92. The molecule has 0 unspecified atom stereocenters. The van der Waals surface area contributed by atoms with Crippen molar-refractivity contribution in [3.05, 3.63) is 58.7 Å². The van der Waals surface area contributed by atoms with Gasteiger partial charge in [0.25, 0.3) is 0 Å². The number of anilines is 4. The number of hydrogen-bond acceptors (Lipinski definition) is 6. The van der Waals surface area contributed by atoms with E-state index >= 15 is 0 Å². The van der Waals surface area contributed by atoms with Crippen LogP contribution in [0.5, 0.6) is 11.5 Å². The summed E-state index contributed by atoms with van der Waals surface area (Å²) in [6, 6.07) is 13.6. The second kappa shape index (κ2) is 8.80. The van der Waals surface area contributed by atoms with E-state index in [1.54, 1.807) is 26.4 Å². The molecular formula is C21H23ClN4O2. The minimum absolute atomic E-state index is 0.440. The lowest BCUT2D eigenvalue weighted by atomic mass is 10.1.